The summed E-state index contributed by atoms with van der Waals surface area (Å²) in [7, 11) is 0. The minimum absolute atomic E-state index is 0.0228. The van der Waals surface area contributed by atoms with Gasteiger partial charge in [-0.25, -0.2) is 4.39 Å². The average Bonchev–Trinajstić information content (AvgIpc) is 2.67. The molecule has 0 aromatic heterocycles. The Hall–Kier alpha value is -1.13. The summed E-state index contributed by atoms with van der Waals surface area (Å²) in [4.78, 5) is 0. The minimum atomic E-state index is -0.334. The van der Waals surface area contributed by atoms with Gasteiger partial charge in [0.1, 0.15) is 6.23 Å². The summed E-state index contributed by atoms with van der Waals surface area (Å²) >= 11 is 0. The molecule has 0 aliphatic carbocycles. The second-order valence-electron chi connectivity index (χ2n) is 4.53. The highest BCUT2D eigenvalue weighted by Crippen LogP contribution is 2.27. The van der Waals surface area contributed by atoms with Crippen LogP contribution in [0.1, 0.15) is 32.4 Å². The van der Waals surface area contributed by atoms with Crippen LogP contribution in [-0.2, 0) is 4.74 Å². The molecule has 1 aromatic rings. The SMILES string of the molecule is CC(C)Oc1ccc(C2CNC(C)O2)cc1F. The number of rotatable bonds is 3. The van der Waals surface area contributed by atoms with Crippen LogP contribution in [0.25, 0.3) is 0 Å². The van der Waals surface area contributed by atoms with Crippen LogP contribution >= 0.6 is 0 Å². The highest BCUT2D eigenvalue weighted by atomic mass is 19.1. The maximum absolute atomic E-state index is 13.8. The van der Waals surface area contributed by atoms with Crippen molar-refractivity contribution in [3.63, 3.8) is 0 Å². The summed E-state index contributed by atoms with van der Waals surface area (Å²) in [6, 6.07) is 5.00. The van der Waals surface area contributed by atoms with Gasteiger partial charge in [0.05, 0.1) is 12.2 Å². The van der Waals surface area contributed by atoms with Crippen molar-refractivity contribution < 1.29 is 13.9 Å². The Morgan fingerprint density at radius 1 is 1.47 bits per heavy atom. The summed E-state index contributed by atoms with van der Waals surface area (Å²) in [6.45, 7) is 6.40. The lowest BCUT2D eigenvalue weighted by Crippen LogP contribution is -2.17. The second kappa shape index (κ2) is 5.02. The molecule has 0 radical (unpaired) electrons. The molecule has 0 saturated carbocycles. The highest BCUT2D eigenvalue weighted by molar-refractivity contribution is 5.31. The third kappa shape index (κ3) is 2.96. The Labute approximate surface area is 101 Å². The smallest absolute Gasteiger partial charge is 0.165 e. The molecule has 1 aromatic carbocycles. The van der Waals surface area contributed by atoms with Crippen molar-refractivity contribution in [1.29, 1.82) is 0 Å². The molecule has 94 valence electrons. The molecule has 2 rings (SSSR count). The van der Waals surface area contributed by atoms with E-state index < -0.39 is 0 Å². The predicted octanol–water partition coefficient (Wildman–Crippen LogP) is 2.62. The Morgan fingerprint density at radius 3 is 2.76 bits per heavy atom. The quantitative estimate of drug-likeness (QED) is 0.879. The van der Waals surface area contributed by atoms with Crippen LogP contribution in [0, 0.1) is 5.82 Å². The zero-order valence-electron chi connectivity index (χ0n) is 10.4. The Balaban J connectivity index is 2.13. The van der Waals surface area contributed by atoms with Crippen LogP contribution in [0.4, 0.5) is 4.39 Å². The lowest BCUT2D eigenvalue weighted by atomic mass is 10.1. The molecule has 0 bridgehead atoms. The fraction of sp³-hybridized carbons (Fsp3) is 0.538. The van der Waals surface area contributed by atoms with Crippen molar-refractivity contribution in [2.45, 2.75) is 39.2 Å². The van der Waals surface area contributed by atoms with Crippen LogP contribution < -0.4 is 10.1 Å². The third-order valence-electron chi connectivity index (χ3n) is 2.65. The molecule has 0 amide bonds. The van der Waals surface area contributed by atoms with Crippen LogP contribution in [0.15, 0.2) is 18.2 Å². The Morgan fingerprint density at radius 2 is 2.24 bits per heavy atom. The van der Waals surface area contributed by atoms with Gasteiger partial charge >= 0.3 is 0 Å². The van der Waals surface area contributed by atoms with Gasteiger partial charge in [0, 0.05) is 6.54 Å². The first kappa shape index (κ1) is 12.3. The second-order valence-corrected chi connectivity index (χ2v) is 4.53. The Kier molecular flexibility index (Phi) is 3.64. The normalized spacial score (nSPS) is 24.3. The Bertz CT molecular complexity index is 395. The predicted molar refractivity (Wildman–Crippen MR) is 63.5 cm³/mol. The molecule has 1 heterocycles. The number of benzene rings is 1. The molecular weight excluding hydrogens is 221 g/mol. The average molecular weight is 239 g/mol. The topological polar surface area (TPSA) is 30.5 Å². The molecule has 0 spiro atoms. The van der Waals surface area contributed by atoms with Crippen LogP contribution in [0.2, 0.25) is 0 Å². The van der Waals surface area contributed by atoms with Gasteiger partial charge in [-0.05, 0) is 38.5 Å². The molecule has 2 unspecified atom stereocenters. The number of ether oxygens (including phenoxy) is 2. The van der Waals surface area contributed by atoms with Crippen molar-refractivity contribution in [2.75, 3.05) is 6.54 Å². The van der Waals surface area contributed by atoms with Crippen molar-refractivity contribution in [3.8, 4) is 5.75 Å². The molecule has 4 heteroatoms. The van der Waals surface area contributed by atoms with E-state index in [2.05, 4.69) is 5.32 Å². The summed E-state index contributed by atoms with van der Waals surface area (Å²) in [5.41, 5.74) is 0.843. The van der Waals surface area contributed by atoms with Gasteiger partial charge in [-0.2, -0.15) is 0 Å². The van der Waals surface area contributed by atoms with Crippen molar-refractivity contribution >= 4 is 0 Å². The molecule has 1 fully saturated rings. The van der Waals surface area contributed by atoms with Crippen LogP contribution in [0.3, 0.4) is 0 Å². The van der Waals surface area contributed by atoms with E-state index in [-0.39, 0.29) is 24.3 Å². The van der Waals surface area contributed by atoms with Crippen LogP contribution in [0.5, 0.6) is 5.75 Å². The summed E-state index contributed by atoms with van der Waals surface area (Å²) in [6.07, 6.45) is -0.0815. The van der Waals surface area contributed by atoms with Gasteiger partial charge in [-0.1, -0.05) is 6.07 Å². The lowest BCUT2D eigenvalue weighted by molar-refractivity contribution is 0.0527. The zero-order valence-corrected chi connectivity index (χ0v) is 10.4. The van der Waals surface area contributed by atoms with E-state index in [0.29, 0.717) is 12.3 Å². The van der Waals surface area contributed by atoms with Crippen molar-refractivity contribution in [1.82, 2.24) is 5.32 Å². The molecule has 1 aliphatic heterocycles. The standard InChI is InChI=1S/C13H18FNO2/c1-8(2)16-12-5-4-10(6-11(12)14)13-7-15-9(3)17-13/h4-6,8-9,13,15H,7H2,1-3H3. The van der Waals surface area contributed by atoms with Gasteiger partial charge in [0.25, 0.3) is 0 Å². The third-order valence-corrected chi connectivity index (χ3v) is 2.65. The summed E-state index contributed by atoms with van der Waals surface area (Å²) < 4.78 is 24.7. The van der Waals surface area contributed by atoms with Gasteiger partial charge in [0.2, 0.25) is 0 Å². The van der Waals surface area contributed by atoms with E-state index in [1.54, 1.807) is 6.07 Å². The van der Waals surface area contributed by atoms with Gasteiger partial charge < -0.3 is 9.47 Å². The number of halogens is 1. The molecule has 2 atom stereocenters. The maximum atomic E-state index is 13.8. The van der Waals surface area contributed by atoms with E-state index >= 15 is 0 Å². The van der Waals surface area contributed by atoms with Gasteiger partial charge in [-0.15, -0.1) is 0 Å². The van der Waals surface area contributed by atoms with E-state index in [1.165, 1.54) is 6.07 Å². The molecular formula is C13H18FNO2. The lowest BCUT2D eigenvalue weighted by Gasteiger charge is -2.14. The van der Waals surface area contributed by atoms with E-state index in [4.69, 9.17) is 9.47 Å². The van der Waals surface area contributed by atoms with E-state index in [9.17, 15) is 4.39 Å². The first-order chi connectivity index (χ1) is 8.06. The molecule has 1 saturated heterocycles. The largest absolute Gasteiger partial charge is 0.488 e. The molecule has 1 aliphatic rings. The van der Waals surface area contributed by atoms with Gasteiger partial charge in [0.15, 0.2) is 11.6 Å². The molecule has 17 heavy (non-hydrogen) atoms. The molecule has 3 nitrogen and oxygen atoms in total. The van der Waals surface area contributed by atoms with E-state index in [0.717, 1.165) is 5.56 Å². The maximum Gasteiger partial charge on any atom is 0.165 e. The fourth-order valence-corrected chi connectivity index (χ4v) is 1.88. The number of nitrogens with one attached hydrogen (secondary N) is 1. The fourth-order valence-electron chi connectivity index (χ4n) is 1.88. The number of hydrogen-bond donors (Lipinski definition) is 1. The monoisotopic (exact) mass is 239 g/mol. The van der Waals surface area contributed by atoms with Gasteiger partial charge in [-0.3, -0.25) is 5.32 Å². The first-order valence-corrected chi connectivity index (χ1v) is 5.91. The minimum Gasteiger partial charge on any atom is -0.488 e. The van der Waals surface area contributed by atoms with Crippen molar-refractivity contribution in [2.24, 2.45) is 0 Å². The number of hydrogen-bond acceptors (Lipinski definition) is 3. The summed E-state index contributed by atoms with van der Waals surface area (Å²) in [5.74, 6) is -0.0397. The van der Waals surface area contributed by atoms with Crippen LogP contribution in [-0.4, -0.2) is 18.9 Å². The van der Waals surface area contributed by atoms with Crippen molar-refractivity contribution in [3.05, 3.63) is 29.6 Å². The first-order valence-electron chi connectivity index (χ1n) is 5.91. The highest BCUT2D eigenvalue weighted by Gasteiger charge is 2.23. The van der Waals surface area contributed by atoms with E-state index in [1.807, 2.05) is 26.8 Å². The molecule has 1 N–H and O–H groups in total. The summed E-state index contributed by atoms with van der Waals surface area (Å²) in [5, 5.41) is 3.16. The zero-order chi connectivity index (χ0) is 12.4.